The van der Waals surface area contributed by atoms with E-state index in [1.54, 1.807) is 24.2 Å². The van der Waals surface area contributed by atoms with Crippen molar-refractivity contribution in [2.24, 2.45) is 16.8 Å². The number of hydrogen-bond donors (Lipinski definition) is 2. The number of rotatable bonds is 6. The number of thioether (sulfide) groups is 1. The lowest BCUT2D eigenvalue weighted by molar-refractivity contribution is 0.262. The van der Waals surface area contributed by atoms with Gasteiger partial charge in [-0.25, -0.2) is 14.8 Å². The zero-order valence-electron chi connectivity index (χ0n) is 15.2. The van der Waals surface area contributed by atoms with E-state index in [2.05, 4.69) is 38.7 Å². The minimum Gasteiger partial charge on any atom is -0.292 e. The minimum absolute atomic E-state index is 0.339. The van der Waals surface area contributed by atoms with Crippen molar-refractivity contribution in [3.63, 3.8) is 0 Å². The standard InChI is InChI=1S/C19H21N5OS2/c1-3-12-8-21-15(14-7-13(12)14)10-26-17-9-22-19(27-17)24-18(25)23-16-6-11(2)4-5-20-16/h4-6,8-9,13-14H,3,7,10H2,1-2H3,(H2,20,22,23,24,25). The second-order valence-electron chi connectivity index (χ2n) is 6.70. The van der Waals surface area contributed by atoms with Crippen LogP contribution in [0.3, 0.4) is 0 Å². The Hall–Kier alpha value is -2.19. The Balaban J connectivity index is 1.29. The number of nitrogens with zero attached hydrogens (tertiary/aromatic N) is 3. The van der Waals surface area contributed by atoms with E-state index in [0.29, 0.717) is 16.9 Å². The number of carbonyl (C=O) groups is 1. The fourth-order valence-electron chi connectivity index (χ4n) is 3.21. The molecule has 140 valence electrons. The molecule has 0 spiro atoms. The van der Waals surface area contributed by atoms with Crippen molar-refractivity contribution in [3.8, 4) is 0 Å². The number of urea groups is 1. The first-order valence-electron chi connectivity index (χ1n) is 8.97. The first-order chi connectivity index (χ1) is 13.1. The van der Waals surface area contributed by atoms with Crippen LogP contribution in [0.2, 0.25) is 0 Å². The predicted octanol–water partition coefficient (Wildman–Crippen LogP) is 4.97. The Morgan fingerprint density at radius 2 is 2.22 bits per heavy atom. The quantitative estimate of drug-likeness (QED) is 0.672. The highest BCUT2D eigenvalue weighted by molar-refractivity contribution is 8.01. The number of anilines is 2. The molecule has 2 aromatic rings. The Bertz CT molecular complexity index is 920. The van der Waals surface area contributed by atoms with Gasteiger partial charge in [0.2, 0.25) is 0 Å². The van der Waals surface area contributed by atoms with E-state index in [4.69, 9.17) is 0 Å². The van der Waals surface area contributed by atoms with E-state index in [-0.39, 0.29) is 6.03 Å². The molecular formula is C19H21N5OS2. The van der Waals surface area contributed by atoms with Gasteiger partial charge in [-0.05, 0) is 49.0 Å². The fraction of sp³-hybridized carbons (Fsp3) is 0.368. The third kappa shape index (κ3) is 4.39. The first-order valence-corrected chi connectivity index (χ1v) is 10.8. The van der Waals surface area contributed by atoms with Gasteiger partial charge >= 0.3 is 6.03 Å². The van der Waals surface area contributed by atoms with E-state index >= 15 is 0 Å². The summed E-state index contributed by atoms with van der Waals surface area (Å²) in [6, 6.07) is 3.36. The molecule has 4 rings (SSSR count). The summed E-state index contributed by atoms with van der Waals surface area (Å²) in [5.74, 6) is 2.79. The molecule has 0 aromatic carbocycles. The number of pyridine rings is 1. The van der Waals surface area contributed by atoms with Gasteiger partial charge in [0.1, 0.15) is 5.82 Å². The molecule has 2 unspecified atom stereocenters. The highest BCUT2D eigenvalue weighted by atomic mass is 32.2. The monoisotopic (exact) mass is 399 g/mol. The molecule has 1 aliphatic carbocycles. The van der Waals surface area contributed by atoms with Gasteiger partial charge in [-0.3, -0.25) is 15.6 Å². The van der Waals surface area contributed by atoms with Crippen LogP contribution in [0.5, 0.6) is 0 Å². The highest BCUT2D eigenvalue weighted by Crippen LogP contribution is 2.49. The van der Waals surface area contributed by atoms with Crippen LogP contribution in [0.1, 0.15) is 25.3 Å². The SMILES string of the molecule is CCC1=CN=C(CSc2cnc(NC(=O)Nc3cc(C)ccn3)s2)C2CC12. The highest BCUT2D eigenvalue weighted by Gasteiger charge is 2.44. The van der Waals surface area contributed by atoms with Crippen LogP contribution in [0.25, 0.3) is 0 Å². The number of thiazole rings is 1. The van der Waals surface area contributed by atoms with Gasteiger partial charge in [-0.1, -0.05) is 18.3 Å². The number of aromatic nitrogens is 2. The van der Waals surface area contributed by atoms with Gasteiger partial charge in [0, 0.05) is 29.8 Å². The normalized spacial score (nSPS) is 20.4. The van der Waals surface area contributed by atoms with E-state index < -0.39 is 0 Å². The Kier molecular flexibility index (Phi) is 5.27. The van der Waals surface area contributed by atoms with Crippen molar-refractivity contribution in [2.45, 2.75) is 30.9 Å². The van der Waals surface area contributed by atoms with E-state index in [1.807, 2.05) is 19.1 Å². The summed E-state index contributed by atoms with van der Waals surface area (Å²) in [5, 5.41) is 6.06. The largest absolute Gasteiger partial charge is 0.326 e. The van der Waals surface area contributed by atoms with Crippen molar-refractivity contribution in [1.82, 2.24) is 9.97 Å². The van der Waals surface area contributed by atoms with Crippen LogP contribution in [0.15, 0.2) is 45.5 Å². The minimum atomic E-state index is -0.339. The summed E-state index contributed by atoms with van der Waals surface area (Å²) in [6.45, 7) is 4.15. The number of amides is 2. The van der Waals surface area contributed by atoms with Crippen LogP contribution >= 0.6 is 23.1 Å². The lowest BCUT2D eigenvalue weighted by Crippen LogP contribution is -2.19. The molecule has 2 amide bonds. The molecule has 2 aromatic heterocycles. The number of nitrogens with one attached hydrogen (secondary N) is 2. The maximum Gasteiger partial charge on any atom is 0.326 e. The zero-order valence-corrected chi connectivity index (χ0v) is 16.9. The molecule has 6 nitrogen and oxygen atoms in total. The van der Waals surface area contributed by atoms with Gasteiger partial charge in [-0.2, -0.15) is 0 Å². The number of aliphatic imine (C=N–C) groups is 1. The summed E-state index contributed by atoms with van der Waals surface area (Å²) < 4.78 is 1.07. The van der Waals surface area contributed by atoms with Crippen LogP contribution in [-0.4, -0.2) is 27.5 Å². The maximum absolute atomic E-state index is 12.1. The van der Waals surface area contributed by atoms with E-state index in [0.717, 1.165) is 27.9 Å². The van der Waals surface area contributed by atoms with Crippen molar-refractivity contribution < 1.29 is 4.79 Å². The first kappa shape index (κ1) is 18.2. The number of fused-ring (bicyclic) bond motifs is 1. The molecule has 1 saturated carbocycles. The van der Waals surface area contributed by atoms with Crippen molar-refractivity contribution in [3.05, 3.63) is 41.9 Å². The average molecular weight is 400 g/mol. The molecule has 0 bridgehead atoms. The van der Waals surface area contributed by atoms with Crippen LogP contribution < -0.4 is 10.6 Å². The third-order valence-electron chi connectivity index (χ3n) is 4.72. The summed E-state index contributed by atoms with van der Waals surface area (Å²) >= 11 is 3.20. The number of hydrogen-bond acceptors (Lipinski definition) is 6. The van der Waals surface area contributed by atoms with Crippen molar-refractivity contribution in [2.75, 3.05) is 16.4 Å². The lowest BCUT2D eigenvalue weighted by atomic mass is 10.0. The zero-order chi connectivity index (χ0) is 18.8. The number of allylic oxidation sites excluding steroid dienone is 1. The molecule has 3 heterocycles. The van der Waals surface area contributed by atoms with Gasteiger partial charge in [0.05, 0.1) is 10.4 Å². The molecule has 27 heavy (non-hydrogen) atoms. The van der Waals surface area contributed by atoms with Crippen LogP contribution in [0, 0.1) is 18.8 Å². The topological polar surface area (TPSA) is 79.3 Å². The molecule has 1 fully saturated rings. The van der Waals surface area contributed by atoms with Crippen molar-refractivity contribution in [1.29, 1.82) is 0 Å². The van der Waals surface area contributed by atoms with Crippen molar-refractivity contribution >= 4 is 45.8 Å². The second-order valence-corrected chi connectivity index (χ2v) is 9.00. The number of aryl methyl sites for hydroxylation is 1. The Morgan fingerprint density at radius 3 is 3.04 bits per heavy atom. The van der Waals surface area contributed by atoms with E-state index in [9.17, 15) is 4.79 Å². The Morgan fingerprint density at radius 1 is 1.33 bits per heavy atom. The summed E-state index contributed by atoms with van der Waals surface area (Å²) in [6.07, 6.45) is 7.89. The van der Waals surface area contributed by atoms with Gasteiger partial charge in [0.15, 0.2) is 5.13 Å². The summed E-state index contributed by atoms with van der Waals surface area (Å²) in [5.41, 5.74) is 3.82. The molecular weight excluding hydrogens is 378 g/mol. The molecule has 2 aliphatic rings. The van der Waals surface area contributed by atoms with Crippen LogP contribution in [-0.2, 0) is 0 Å². The lowest BCUT2D eigenvalue weighted by Gasteiger charge is -2.10. The molecule has 0 radical (unpaired) electrons. The molecule has 2 atom stereocenters. The molecule has 0 saturated heterocycles. The van der Waals surface area contributed by atoms with E-state index in [1.165, 1.54) is 29.0 Å². The predicted molar refractivity (Wildman–Crippen MR) is 112 cm³/mol. The van der Waals surface area contributed by atoms with Gasteiger partial charge in [0.25, 0.3) is 0 Å². The maximum atomic E-state index is 12.1. The van der Waals surface area contributed by atoms with Gasteiger partial charge < -0.3 is 0 Å². The van der Waals surface area contributed by atoms with Gasteiger partial charge in [-0.15, -0.1) is 11.8 Å². The number of carbonyl (C=O) groups excluding carboxylic acids is 1. The molecule has 8 heteroatoms. The Labute approximate surface area is 166 Å². The van der Waals surface area contributed by atoms with Crippen LogP contribution in [0.4, 0.5) is 15.7 Å². The average Bonchev–Trinajstić information content (AvgIpc) is 3.33. The second kappa shape index (κ2) is 7.82. The third-order valence-corrected chi connectivity index (χ3v) is 6.86. The molecule has 1 aliphatic heterocycles. The summed E-state index contributed by atoms with van der Waals surface area (Å²) in [4.78, 5) is 25.2. The fourth-order valence-corrected chi connectivity index (χ4v) is 5.11. The molecule has 2 N–H and O–H groups in total. The summed E-state index contributed by atoms with van der Waals surface area (Å²) in [7, 11) is 0. The smallest absolute Gasteiger partial charge is 0.292 e.